The fourth-order valence-corrected chi connectivity index (χ4v) is 5.00. The summed E-state index contributed by atoms with van der Waals surface area (Å²) < 4.78 is 9.92. The highest BCUT2D eigenvalue weighted by molar-refractivity contribution is 6.77. The Balaban J connectivity index is 2.76. The molecule has 0 N–H and O–H groups in total. The van der Waals surface area contributed by atoms with E-state index in [0.29, 0.717) is 25.5 Å². The Hall–Kier alpha value is -1.04. The van der Waals surface area contributed by atoms with Crippen molar-refractivity contribution >= 4 is 20.1 Å². The maximum Gasteiger partial charge on any atom is 0.409 e. The number of piperidine rings is 1. The molecule has 6 heteroatoms. The SMILES string of the molecule is CCOC(=O)N1CCC(CC(=O)OC)CC1[Si](C)(C)C. The Kier molecular flexibility index (Phi) is 6.04. The molecule has 1 aliphatic rings. The summed E-state index contributed by atoms with van der Waals surface area (Å²) in [5, 5.41) is 0. The number of hydrogen-bond donors (Lipinski definition) is 0. The van der Waals surface area contributed by atoms with Crippen molar-refractivity contribution in [3.63, 3.8) is 0 Å². The molecule has 2 atom stereocenters. The molecule has 2 unspecified atom stereocenters. The minimum atomic E-state index is -1.54. The molecule has 0 radical (unpaired) electrons. The normalized spacial score (nSPS) is 23.4. The number of hydrogen-bond acceptors (Lipinski definition) is 4. The summed E-state index contributed by atoms with van der Waals surface area (Å²) in [4.78, 5) is 25.4. The lowest BCUT2D eigenvalue weighted by Gasteiger charge is -2.44. The molecule has 1 rings (SSSR count). The van der Waals surface area contributed by atoms with Crippen LogP contribution in [0, 0.1) is 5.92 Å². The summed E-state index contributed by atoms with van der Waals surface area (Å²) in [6.45, 7) is 9.67. The highest BCUT2D eigenvalue weighted by Gasteiger charge is 2.40. The van der Waals surface area contributed by atoms with Crippen molar-refractivity contribution < 1.29 is 19.1 Å². The van der Waals surface area contributed by atoms with Gasteiger partial charge in [-0.05, 0) is 25.7 Å². The molecule has 0 aliphatic carbocycles. The molecule has 0 aromatic heterocycles. The first-order chi connectivity index (χ1) is 9.29. The van der Waals surface area contributed by atoms with E-state index in [-0.39, 0.29) is 17.7 Å². The van der Waals surface area contributed by atoms with Gasteiger partial charge < -0.3 is 14.4 Å². The van der Waals surface area contributed by atoms with Gasteiger partial charge in [-0.15, -0.1) is 0 Å². The van der Waals surface area contributed by atoms with Crippen molar-refractivity contribution in [2.45, 2.75) is 51.5 Å². The smallest absolute Gasteiger partial charge is 0.409 e. The molecule has 0 aromatic carbocycles. The minimum absolute atomic E-state index is 0.158. The summed E-state index contributed by atoms with van der Waals surface area (Å²) in [7, 11) is -0.119. The number of likely N-dealkylation sites (tertiary alicyclic amines) is 1. The van der Waals surface area contributed by atoms with Gasteiger partial charge in [-0.1, -0.05) is 19.6 Å². The van der Waals surface area contributed by atoms with Gasteiger partial charge in [-0.25, -0.2) is 4.79 Å². The zero-order valence-corrected chi connectivity index (χ0v) is 14.3. The Morgan fingerprint density at radius 2 is 1.95 bits per heavy atom. The molecule has 1 heterocycles. The third-order valence-corrected chi connectivity index (χ3v) is 6.44. The van der Waals surface area contributed by atoms with Crippen LogP contribution in [0.3, 0.4) is 0 Å². The van der Waals surface area contributed by atoms with E-state index in [1.807, 2.05) is 11.8 Å². The molecule has 5 nitrogen and oxygen atoms in total. The highest BCUT2D eigenvalue weighted by Crippen LogP contribution is 2.31. The Bertz CT molecular complexity index is 354. The molecule has 0 saturated carbocycles. The molecule has 0 spiro atoms. The van der Waals surface area contributed by atoms with E-state index in [2.05, 4.69) is 19.6 Å². The summed E-state index contributed by atoms with van der Waals surface area (Å²) in [6, 6.07) is 0. The summed E-state index contributed by atoms with van der Waals surface area (Å²) >= 11 is 0. The van der Waals surface area contributed by atoms with Crippen LogP contribution < -0.4 is 0 Å². The second kappa shape index (κ2) is 7.11. The van der Waals surface area contributed by atoms with Gasteiger partial charge in [0.1, 0.15) is 0 Å². The van der Waals surface area contributed by atoms with Crippen molar-refractivity contribution in [3.8, 4) is 0 Å². The van der Waals surface area contributed by atoms with Crippen LogP contribution in [-0.2, 0) is 14.3 Å². The predicted molar refractivity (Wildman–Crippen MR) is 80.2 cm³/mol. The summed E-state index contributed by atoms with van der Waals surface area (Å²) in [5.41, 5.74) is 0.227. The Labute approximate surface area is 122 Å². The van der Waals surface area contributed by atoms with Crippen LogP contribution in [0.5, 0.6) is 0 Å². The molecule has 1 aliphatic heterocycles. The number of methoxy groups -OCH3 is 1. The summed E-state index contributed by atoms with van der Waals surface area (Å²) in [6.07, 6.45) is 1.96. The van der Waals surface area contributed by atoms with Crippen molar-refractivity contribution in [3.05, 3.63) is 0 Å². The number of carbonyl (C=O) groups is 2. The number of ether oxygens (including phenoxy) is 2. The van der Waals surface area contributed by atoms with E-state index in [1.165, 1.54) is 7.11 Å². The van der Waals surface area contributed by atoms with Gasteiger partial charge >= 0.3 is 12.1 Å². The quantitative estimate of drug-likeness (QED) is 0.592. The highest BCUT2D eigenvalue weighted by atomic mass is 28.3. The van der Waals surface area contributed by atoms with E-state index < -0.39 is 8.07 Å². The second-order valence-corrected chi connectivity index (χ2v) is 11.8. The molecule has 1 saturated heterocycles. The first-order valence-electron chi connectivity index (χ1n) is 7.29. The van der Waals surface area contributed by atoms with E-state index in [4.69, 9.17) is 9.47 Å². The minimum Gasteiger partial charge on any atom is -0.469 e. The zero-order valence-electron chi connectivity index (χ0n) is 13.3. The first kappa shape index (κ1) is 17.0. The first-order valence-corrected chi connectivity index (χ1v) is 10.9. The van der Waals surface area contributed by atoms with E-state index >= 15 is 0 Å². The van der Waals surface area contributed by atoms with Crippen LogP contribution in [0.15, 0.2) is 0 Å². The number of nitrogens with zero attached hydrogens (tertiary/aromatic N) is 1. The van der Waals surface area contributed by atoms with Crippen molar-refractivity contribution in [1.29, 1.82) is 0 Å². The lowest BCUT2D eigenvalue weighted by Crippen LogP contribution is -2.57. The average Bonchev–Trinajstić information content (AvgIpc) is 2.37. The molecule has 1 amide bonds. The molecule has 116 valence electrons. The molecular weight excluding hydrogens is 274 g/mol. The molecule has 0 aromatic rings. The lowest BCUT2D eigenvalue weighted by molar-refractivity contribution is -0.142. The fourth-order valence-electron chi connectivity index (χ4n) is 2.79. The topological polar surface area (TPSA) is 55.8 Å². The van der Waals surface area contributed by atoms with E-state index in [0.717, 1.165) is 12.8 Å². The Morgan fingerprint density at radius 3 is 2.45 bits per heavy atom. The van der Waals surface area contributed by atoms with Gasteiger partial charge in [0, 0.05) is 18.6 Å². The van der Waals surface area contributed by atoms with Gasteiger partial charge in [0.15, 0.2) is 0 Å². The monoisotopic (exact) mass is 301 g/mol. The van der Waals surface area contributed by atoms with Crippen molar-refractivity contribution in [2.75, 3.05) is 20.3 Å². The van der Waals surface area contributed by atoms with Crippen LogP contribution in [0.1, 0.15) is 26.2 Å². The van der Waals surface area contributed by atoms with Crippen LogP contribution >= 0.6 is 0 Å². The molecule has 20 heavy (non-hydrogen) atoms. The van der Waals surface area contributed by atoms with Gasteiger partial charge in [-0.3, -0.25) is 4.79 Å². The van der Waals surface area contributed by atoms with E-state index in [9.17, 15) is 9.59 Å². The predicted octanol–water partition coefficient (Wildman–Crippen LogP) is 2.66. The molecule has 1 fully saturated rings. The molecular formula is C14H27NO4Si. The number of amides is 1. The fraction of sp³-hybridized carbons (Fsp3) is 0.857. The van der Waals surface area contributed by atoms with Gasteiger partial charge in [0.05, 0.1) is 21.8 Å². The number of carbonyl (C=O) groups excluding carboxylic acids is 2. The third kappa shape index (κ3) is 4.51. The maximum atomic E-state index is 12.1. The summed E-state index contributed by atoms with van der Waals surface area (Å²) in [5.74, 6) is 0.152. The van der Waals surface area contributed by atoms with Crippen LogP contribution in [0.2, 0.25) is 19.6 Å². The maximum absolute atomic E-state index is 12.1. The third-order valence-electron chi connectivity index (χ3n) is 3.90. The lowest BCUT2D eigenvalue weighted by atomic mass is 9.93. The standard InChI is InChI=1S/C14H27NO4Si/c1-6-19-14(17)15-8-7-11(10-13(16)18-2)9-12(15)20(3,4)5/h11-12H,6-10H2,1-5H3. The van der Waals surface area contributed by atoms with E-state index in [1.54, 1.807) is 0 Å². The van der Waals surface area contributed by atoms with Crippen molar-refractivity contribution in [1.82, 2.24) is 4.90 Å². The van der Waals surface area contributed by atoms with Gasteiger partial charge in [0.25, 0.3) is 0 Å². The van der Waals surface area contributed by atoms with Gasteiger partial charge in [-0.2, -0.15) is 0 Å². The van der Waals surface area contributed by atoms with Crippen LogP contribution in [0.4, 0.5) is 4.79 Å². The number of esters is 1. The van der Waals surface area contributed by atoms with Crippen LogP contribution in [-0.4, -0.2) is 51.0 Å². The van der Waals surface area contributed by atoms with Gasteiger partial charge in [0.2, 0.25) is 0 Å². The van der Waals surface area contributed by atoms with Crippen LogP contribution in [0.25, 0.3) is 0 Å². The zero-order chi connectivity index (χ0) is 15.3. The second-order valence-electron chi connectivity index (χ2n) is 6.44. The number of rotatable bonds is 4. The largest absolute Gasteiger partial charge is 0.469 e. The Morgan fingerprint density at radius 1 is 1.30 bits per heavy atom. The van der Waals surface area contributed by atoms with Crippen molar-refractivity contribution in [2.24, 2.45) is 5.92 Å². The molecule has 0 bridgehead atoms. The average molecular weight is 301 g/mol.